The third kappa shape index (κ3) is 5.74. The lowest BCUT2D eigenvalue weighted by Gasteiger charge is -2.24. The summed E-state index contributed by atoms with van der Waals surface area (Å²) in [6, 6.07) is 4.67. The third-order valence-electron chi connectivity index (χ3n) is 4.16. The average Bonchev–Trinajstić information content (AvgIpc) is 2.52. The zero-order valence-corrected chi connectivity index (χ0v) is 14.8. The van der Waals surface area contributed by atoms with Gasteiger partial charge in [-0.25, -0.2) is 4.79 Å². The van der Waals surface area contributed by atoms with E-state index in [9.17, 15) is 14.4 Å². The van der Waals surface area contributed by atoms with Gasteiger partial charge in [-0.2, -0.15) is 0 Å². The molecule has 0 saturated heterocycles. The van der Waals surface area contributed by atoms with Crippen molar-refractivity contribution in [3.8, 4) is 0 Å². The fourth-order valence-corrected chi connectivity index (χ4v) is 2.80. The van der Waals surface area contributed by atoms with Crippen LogP contribution in [0.4, 0.5) is 11.4 Å². The van der Waals surface area contributed by atoms with E-state index >= 15 is 0 Å². The molecule has 1 aromatic carbocycles. The summed E-state index contributed by atoms with van der Waals surface area (Å²) in [6.45, 7) is 5.25. The van der Waals surface area contributed by atoms with Crippen molar-refractivity contribution >= 4 is 29.2 Å². The number of allylic oxidation sites excluding steroid dienone is 2. The van der Waals surface area contributed by atoms with Gasteiger partial charge in [-0.1, -0.05) is 19.1 Å². The number of nitrogens with one attached hydrogen (secondary N) is 2. The number of carbonyl (C=O) groups is 3. The first kappa shape index (κ1) is 18.7. The number of anilines is 2. The Bertz CT molecular complexity index is 662. The van der Waals surface area contributed by atoms with E-state index in [2.05, 4.69) is 29.7 Å². The van der Waals surface area contributed by atoms with Crippen LogP contribution >= 0.6 is 0 Å². The largest absolute Gasteiger partial charge is 0.462 e. The molecule has 2 N–H and O–H groups in total. The van der Waals surface area contributed by atoms with E-state index in [0.29, 0.717) is 29.8 Å². The van der Waals surface area contributed by atoms with E-state index in [1.807, 2.05) is 0 Å². The maximum atomic E-state index is 12.4. The molecule has 0 spiro atoms. The van der Waals surface area contributed by atoms with Gasteiger partial charge < -0.3 is 15.4 Å². The van der Waals surface area contributed by atoms with Crippen molar-refractivity contribution in [2.24, 2.45) is 11.8 Å². The van der Waals surface area contributed by atoms with Gasteiger partial charge in [-0.3, -0.25) is 9.59 Å². The highest BCUT2D eigenvalue weighted by atomic mass is 16.5. The molecule has 6 nitrogen and oxygen atoms in total. The maximum absolute atomic E-state index is 12.4. The highest BCUT2D eigenvalue weighted by Crippen LogP contribution is 2.26. The Hall–Kier alpha value is -2.63. The van der Waals surface area contributed by atoms with Gasteiger partial charge in [0.25, 0.3) is 0 Å². The Morgan fingerprint density at radius 3 is 2.08 bits per heavy atom. The molecule has 0 heterocycles. The summed E-state index contributed by atoms with van der Waals surface area (Å²) in [4.78, 5) is 35.0. The molecule has 0 saturated carbocycles. The normalized spacial score (nSPS) is 19.2. The predicted octanol–water partition coefficient (Wildman–Crippen LogP) is 3.36. The van der Waals surface area contributed by atoms with Crippen LogP contribution in [-0.2, 0) is 14.3 Å². The third-order valence-corrected chi connectivity index (χ3v) is 4.16. The van der Waals surface area contributed by atoms with Gasteiger partial charge in [-0.05, 0) is 42.9 Å². The molecule has 0 bridgehead atoms. The Balaban J connectivity index is 2.11. The zero-order chi connectivity index (χ0) is 18.4. The van der Waals surface area contributed by atoms with Crippen molar-refractivity contribution in [3.63, 3.8) is 0 Å². The van der Waals surface area contributed by atoms with Crippen LogP contribution in [0.15, 0.2) is 30.4 Å². The van der Waals surface area contributed by atoms with Crippen molar-refractivity contribution < 1.29 is 19.1 Å². The summed E-state index contributed by atoms with van der Waals surface area (Å²) in [6.07, 6.45) is 6.16. The Morgan fingerprint density at radius 1 is 1.00 bits per heavy atom. The summed E-state index contributed by atoms with van der Waals surface area (Å²) in [5.74, 6) is -0.217. The Kier molecular flexibility index (Phi) is 6.33. The first-order chi connectivity index (χ1) is 11.8. The van der Waals surface area contributed by atoms with Crippen LogP contribution in [-0.4, -0.2) is 24.4 Å². The minimum atomic E-state index is -0.472. The first-order valence-corrected chi connectivity index (χ1v) is 8.37. The van der Waals surface area contributed by atoms with Gasteiger partial charge in [-0.15, -0.1) is 0 Å². The van der Waals surface area contributed by atoms with Gasteiger partial charge in [0, 0.05) is 25.2 Å². The highest BCUT2D eigenvalue weighted by molar-refractivity contribution is 5.97. The molecule has 134 valence electrons. The van der Waals surface area contributed by atoms with Crippen molar-refractivity contribution in [2.75, 3.05) is 17.2 Å². The van der Waals surface area contributed by atoms with Crippen LogP contribution in [0.5, 0.6) is 0 Å². The fourth-order valence-electron chi connectivity index (χ4n) is 2.80. The topological polar surface area (TPSA) is 84.5 Å². The predicted molar refractivity (Wildman–Crippen MR) is 96.4 cm³/mol. The lowest BCUT2D eigenvalue weighted by molar-refractivity contribution is -0.115. The molecule has 1 aromatic rings. The van der Waals surface area contributed by atoms with Crippen LogP contribution in [0.3, 0.4) is 0 Å². The second-order valence-electron chi connectivity index (χ2n) is 6.44. The molecule has 2 unspecified atom stereocenters. The minimum absolute atomic E-state index is 0.262. The van der Waals surface area contributed by atoms with E-state index in [1.165, 1.54) is 13.8 Å². The van der Waals surface area contributed by atoms with Gasteiger partial charge in [0.15, 0.2) is 0 Å². The van der Waals surface area contributed by atoms with E-state index < -0.39 is 5.97 Å². The molecule has 1 aliphatic rings. The van der Waals surface area contributed by atoms with Gasteiger partial charge in [0.1, 0.15) is 0 Å². The molecule has 1 aliphatic carbocycles. The molecule has 0 radical (unpaired) electrons. The van der Waals surface area contributed by atoms with E-state index in [1.54, 1.807) is 18.2 Å². The lowest BCUT2D eigenvalue weighted by Crippen LogP contribution is -2.22. The fraction of sp³-hybridized carbons (Fsp3) is 0.421. The van der Waals surface area contributed by atoms with Crippen LogP contribution in [0.1, 0.15) is 44.0 Å². The number of ether oxygens (including phenoxy) is 1. The van der Waals surface area contributed by atoms with E-state index in [0.717, 1.165) is 12.8 Å². The summed E-state index contributed by atoms with van der Waals surface area (Å²) in [7, 11) is 0. The number of amides is 2. The smallest absolute Gasteiger partial charge is 0.338 e. The molecule has 0 aliphatic heterocycles. The van der Waals surface area contributed by atoms with Crippen molar-refractivity contribution in [1.82, 2.24) is 0 Å². The summed E-state index contributed by atoms with van der Waals surface area (Å²) in [5.41, 5.74) is 1.15. The van der Waals surface area contributed by atoms with Crippen LogP contribution < -0.4 is 10.6 Å². The first-order valence-electron chi connectivity index (χ1n) is 8.37. The molecule has 2 atom stereocenters. The Morgan fingerprint density at radius 2 is 1.56 bits per heavy atom. The zero-order valence-electron chi connectivity index (χ0n) is 14.8. The maximum Gasteiger partial charge on any atom is 0.338 e. The summed E-state index contributed by atoms with van der Waals surface area (Å²) >= 11 is 0. The molecule has 0 fully saturated rings. The van der Waals surface area contributed by atoms with Crippen molar-refractivity contribution in [2.45, 2.75) is 33.6 Å². The Labute approximate surface area is 147 Å². The van der Waals surface area contributed by atoms with Crippen LogP contribution in [0, 0.1) is 11.8 Å². The molecule has 6 heteroatoms. The minimum Gasteiger partial charge on any atom is -0.462 e. The van der Waals surface area contributed by atoms with Gasteiger partial charge in [0.2, 0.25) is 11.8 Å². The van der Waals surface area contributed by atoms with Crippen LogP contribution in [0.2, 0.25) is 0 Å². The number of rotatable bonds is 5. The monoisotopic (exact) mass is 344 g/mol. The number of carbonyl (C=O) groups excluding carboxylic acids is 3. The van der Waals surface area contributed by atoms with Crippen LogP contribution in [0.25, 0.3) is 0 Å². The highest BCUT2D eigenvalue weighted by Gasteiger charge is 2.21. The lowest BCUT2D eigenvalue weighted by atomic mass is 9.85. The summed E-state index contributed by atoms with van der Waals surface area (Å²) < 4.78 is 5.46. The second-order valence-corrected chi connectivity index (χ2v) is 6.44. The standard InChI is InChI=1S/C19H24N2O4/c1-12-6-4-5-7-15(12)11-25-19(24)16-8-17(20-13(2)22)10-18(9-16)21-14(3)23/h4-5,8-10,12,15H,6-7,11H2,1-3H3,(H,20,22)(H,21,23). The quantitative estimate of drug-likeness (QED) is 0.633. The average molecular weight is 344 g/mol. The molecule has 0 aromatic heterocycles. The molecule has 2 rings (SSSR count). The van der Waals surface area contributed by atoms with Crippen molar-refractivity contribution in [1.29, 1.82) is 0 Å². The van der Waals surface area contributed by atoms with E-state index in [4.69, 9.17) is 4.74 Å². The van der Waals surface area contributed by atoms with E-state index in [-0.39, 0.29) is 17.4 Å². The molecule has 2 amide bonds. The number of hydrogen-bond acceptors (Lipinski definition) is 4. The second kappa shape index (κ2) is 8.46. The molecule has 25 heavy (non-hydrogen) atoms. The number of esters is 1. The molecular formula is C19H24N2O4. The van der Waals surface area contributed by atoms with Gasteiger partial charge >= 0.3 is 5.97 Å². The van der Waals surface area contributed by atoms with Crippen molar-refractivity contribution in [3.05, 3.63) is 35.9 Å². The SMILES string of the molecule is CC(=O)Nc1cc(NC(C)=O)cc(C(=O)OCC2CC=CCC2C)c1. The van der Waals surface area contributed by atoms with Gasteiger partial charge in [0.05, 0.1) is 12.2 Å². The number of hydrogen-bond donors (Lipinski definition) is 2. The number of benzene rings is 1. The molecular weight excluding hydrogens is 320 g/mol. The summed E-state index contributed by atoms with van der Waals surface area (Å²) in [5, 5.41) is 5.24.